The van der Waals surface area contributed by atoms with Gasteiger partial charge in [-0.15, -0.1) is 0 Å². The van der Waals surface area contributed by atoms with E-state index in [1.54, 1.807) is 38.5 Å². The van der Waals surface area contributed by atoms with E-state index in [2.05, 4.69) is 0 Å². The van der Waals surface area contributed by atoms with E-state index in [1.807, 2.05) is 11.9 Å². The number of methoxy groups -OCH3 is 2. The second-order valence-electron chi connectivity index (χ2n) is 5.46. The van der Waals surface area contributed by atoms with Gasteiger partial charge in [0, 0.05) is 19.2 Å². The lowest BCUT2D eigenvalue weighted by Gasteiger charge is -2.22. The van der Waals surface area contributed by atoms with Gasteiger partial charge in [0.15, 0.2) is 11.5 Å². The molecule has 1 aliphatic carbocycles. The van der Waals surface area contributed by atoms with Crippen molar-refractivity contribution in [3.63, 3.8) is 0 Å². The Labute approximate surface area is 136 Å². The summed E-state index contributed by atoms with van der Waals surface area (Å²) in [6.45, 7) is 0. The highest BCUT2D eigenvalue weighted by atomic mass is 35.5. The summed E-state index contributed by atoms with van der Waals surface area (Å²) < 4.78 is 10.5. The standard InChI is InChI=1S/C17H22ClNO3/c1-19(13-6-4-5-7-13)16(20)9-8-12-10-14(18)17(22-3)15(11-12)21-2/h8-11,13H,4-7H2,1-3H3/b9-8+. The van der Waals surface area contributed by atoms with Crippen LogP contribution in [0.4, 0.5) is 0 Å². The summed E-state index contributed by atoms with van der Waals surface area (Å²) in [6, 6.07) is 3.91. The van der Waals surface area contributed by atoms with Crippen molar-refractivity contribution in [2.75, 3.05) is 21.3 Å². The molecule has 0 bridgehead atoms. The third-order valence-electron chi connectivity index (χ3n) is 4.09. The van der Waals surface area contributed by atoms with Gasteiger partial charge in [0.25, 0.3) is 0 Å². The summed E-state index contributed by atoms with van der Waals surface area (Å²) in [5.41, 5.74) is 0.802. The van der Waals surface area contributed by atoms with Crippen molar-refractivity contribution in [1.82, 2.24) is 4.90 Å². The molecule has 0 aliphatic heterocycles. The lowest BCUT2D eigenvalue weighted by molar-refractivity contribution is -0.126. The van der Waals surface area contributed by atoms with E-state index in [1.165, 1.54) is 12.8 Å². The van der Waals surface area contributed by atoms with Crippen molar-refractivity contribution in [1.29, 1.82) is 0 Å². The Morgan fingerprint density at radius 2 is 1.95 bits per heavy atom. The van der Waals surface area contributed by atoms with Gasteiger partial charge in [-0.05, 0) is 36.6 Å². The van der Waals surface area contributed by atoms with Crippen LogP contribution in [0.25, 0.3) is 6.08 Å². The van der Waals surface area contributed by atoms with Crippen LogP contribution in [0.1, 0.15) is 31.2 Å². The fraction of sp³-hybridized carbons (Fsp3) is 0.471. The number of ether oxygens (including phenoxy) is 2. The van der Waals surface area contributed by atoms with Crippen molar-refractivity contribution in [3.8, 4) is 11.5 Å². The van der Waals surface area contributed by atoms with Gasteiger partial charge in [-0.25, -0.2) is 0 Å². The van der Waals surface area contributed by atoms with Crippen LogP contribution < -0.4 is 9.47 Å². The van der Waals surface area contributed by atoms with Gasteiger partial charge in [-0.2, -0.15) is 0 Å². The number of carbonyl (C=O) groups excluding carboxylic acids is 1. The average molecular weight is 324 g/mol. The zero-order valence-electron chi connectivity index (χ0n) is 13.3. The number of hydrogen-bond donors (Lipinski definition) is 0. The number of nitrogens with zero attached hydrogens (tertiary/aromatic N) is 1. The second-order valence-corrected chi connectivity index (χ2v) is 5.87. The molecule has 1 aromatic rings. The van der Waals surface area contributed by atoms with Crippen LogP contribution in [0.3, 0.4) is 0 Å². The average Bonchev–Trinajstić information content (AvgIpc) is 3.05. The first-order valence-corrected chi connectivity index (χ1v) is 7.81. The number of rotatable bonds is 5. The summed E-state index contributed by atoms with van der Waals surface area (Å²) in [5, 5.41) is 0.457. The van der Waals surface area contributed by atoms with Crippen LogP contribution in [0.2, 0.25) is 5.02 Å². The van der Waals surface area contributed by atoms with Gasteiger partial charge in [-0.3, -0.25) is 4.79 Å². The van der Waals surface area contributed by atoms with E-state index in [0.29, 0.717) is 22.6 Å². The minimum atomic E-state index is 0.0119. The molecule has 0 aromatic heterocycles. The first kappa shape index (κ1) is 16.7. The molecule has 22 heavy (non-hydrogen) atoms. The summed E-state index contributed by atoms with van der Waals surface area (Å²) in [4.78, 5) is 14.0. The predicted octanol–water partition coefficient (Wildman–Crippen LogP) is 3.77. The SMILES string of the molecule is COc1cc(/C=C/C(=O)N(C)C2CCCC2)cc(Cl)c1OC. The van der Waals surface area contributed by atoms with Crippen molar-refractivity contribution >= 4 is 23.6 Å². The molecule has 1 aliphatic rings. The molecule has 0 atom stereocenters. The lowest BCUT2D eigenvalue weighted by Crippen LogP contribution is -2.33. The summed E-state index contributed by atoms with van der Waals surface area (Å²) in [5.74, 6) is 1.06. The van der Waals surface area contributed by atoms with Gasteiger partial charge < -0.3 is 14.4 Å². The number of halogens is 1. The van der Waals surface area contributed by atoms with Crippen molar-refractivity contribution in [2.45, 2.75) is 31.7 Å². The van der Waals surface area contributed by atoms with E-state index in [4.69, 9.17) is 21.1 Å². The molecule has 0 unspecified atom stereocenters. The molecule has 2 rings (SSSR count). The highest BCUT2D eigenvalue weighted by Gasteiger charge is 2.21. The van der Waals surface area contributed by atoms with Gasteiger partial charge in [0.1, 0.15) is 0 Å². The number of carbonyl (C=O) groups is 1. The fourth-order valence-corrected chi connectivity index (χ4v) is 3.09. The van der Waals surface area contributed by atoms with E-state index < -0.39 is 0 Å². The largest absolute Gasteiger partial charge is 0.493 e. The van der Waals surface area contributed by atoms with Crippen molar-refractivity contribution < 1.29 is 14.3 Å². The summed E-state index contributed by atoms with van der Waals surface area (Å²) in [7, 11) is 4.96. The molecular weight excluding hydrogens is 302 g/mol. The monoisotopic (exact) mass is 323 g/mol. The first-order chi connectivity index (χ1) is 10.6. The van der Waals surface area contributed by atoms with Gasteiger partial charge in [0.2, 0.25) is 5.91 Å². The van der Waals surface area contributed by atoms with E-state index in [0.717, 1.165) is 18.4 Å². The summed E-state index contributed by atoms with van der Waals surface area (Å²) >= 11 is 6.16. The molecule has 1 fully saturated rings. The molecule has 0 radical (unpaired) electrons. The highest BCUT2D eigenvalue weighted by molar-refractivity contribution is 6.32. The van der Waals surface area contributed by atoms with Gasteiger partial charge in [-0.1, -0.05) is 24.4 Å². The van der Waals surface area contributed by atoms with Crippen molar-refractivity contribution in [3.05, 3.63) is 28.8 Å². The Hall–Kier alpha value is -1.68. The maximum absolute atomic E-state index is 12.2. The van der Waals surface area contributed by atoms with Crippen LogP contribution >= 0.6 is 11.6 Å². The molecule has 0 N–H and O–H groups in total. The molecule has 0 saturated heterocycles. The minimum Gasteiger partial charge on any atom is -0.493 e. The van der Waals surface area contributed by atoms with E-state index in [-0.39, 0.29) is 5.91 Å². The van der Waals surface area contributed by atoms with Crippen molar-refractivity contribution in [2.24, 2.45) is 0 Å². The second kappa shape index (κ2) is 7.54. The smallest absolute Gasteiger partial charge is 0.246 e. The predicted molar refractivity (Wildman–Crippen MR) is 88.6 cm³/mol. The molecule has 0 heterocycles. The molecule has 1 amide bonds. The molecule has 5 heteroatoms. The van der Waals surface area contributed by atoms with Crippen LogP contribution in [0.15, 0.2) is 18.2 Å². The Kier molecular flexibility index (Phi) is 5.72. The third kappa shape index (κ3) is 3.74. The van der Waals surface area contributed by atoms with Crippen LogP contribution in [0, 0.1) is 0 Å². The first-order valence-electron chi connectivity index (χ1n) is 7.43. The van der Waals surface area contributed by atoms with Crippen LogP contribution in [-0.4, -0.2) is 38.1 Å². The topological polar surface area (TPSA) is 38.8 Å². The Morgan fingerprint density at radius 3 is 2.55 bits per heavy atom. The molecular formula is C17H22ClNO3. The normalized spacial score (nSPS) is 15.3. The maximum atomic E-state index is 12.2. The summed E-state index contributed by atoms with van der Waals surface area (Å²) in [6.07, 6.45) is 7.93. The Morgan fingerprint density at radius 1 is 1.27 bits per heavy atom. The van der Waals surface area contributed by atoms with E-state index in [9.17, 15) is 4.79 Å². The molecule has 1 saturated carbocycles. The molecule has 120 valence electrons. The number of hydrogen-bond acceptors (Lipinski definition) is 3. The number of amides is 1. The highest BCUT2D eigenvalue weighted by Crippen LogP contribution is 2.36. The quantitative estimate of drug-likeness (QED) is 0.774. The number of likely N-dealkylation sites (N-methyl/N-ethyl adjacent to an activating group) is 1. The Balaban J connectivity index is 2.12. The molecule has 1 aromatic carbocycles. The third-order valence-corrected chi connectivity index (χ3v) is 4.38. The van der Waals surface area contributed by atoms with Crippen LogP contribution in [-0.2, 0) is 4.79 Å². The minimum absolute atomic E-state index is 0.0119. The van der Waals surface area contributed by atoms with Gasteiger partial charge >= 0.3 is 0 Å². The van der Waals surface area contributed by atoms with E-state index >= 15 is 0 Å². The Bertz CT molecular complexity index is 565. The van der Waals surface area contributed by atoms with Gasteiger partial charge in [0.05, 0.1) is 19.2 Å². The number of benzene rings is 1. The fourth-order valence-electron chi connectivity index (χ4n) is 2.79. The lowest BCUT2D eigenvalue weighted by atomic mass is 10.1. The van der Waals surface area contributed by atoms with Crippen LogP contribution in [0.5, 0.6) is 11.5 Å². The zero-order chi connectivity index (χ0) is 16.1. The molecule has 0 spiro atoms. The maximum Gasteiger partial charge on any atom is 0.246 e. The molecule has 4 nitrogen and oxygen atoms in total. The zero-order valence-corrected chi connectivity index (χ0v) is 14.0.